The number of thiol groups is 1. The summed E-state index contributed by atoms with van der Waals surface area (Å²) in [5, 5.41) is 3.86. The molecule has 1 unspecified atom stereocenters. The molecule has 0 aromatic heterocycles. The third-order valence-corrected chi connectivity index (χ3v) is 8.45. The van der Waals surface area contributed by atoms with Crippen molar-refractivity contribution >= 4 is 53.8 Å². The van der Waals surface area contributed by atoms with Crippen molar-refractivity contribution < 1.29 is 23.2 Å². The van der Waals surface area contributed by atoms with Crippen LogP contribution in [0.4, 0.5) is 4.79 Å². The van der Waals surface area contributed by atoms with E-state index in [1.165, 1.54) is 25.3 Å². The van der Waals surface area contributed by atoms with Crippen LogP contribution >= 0.6 is 19.3 Å². The van der Waals surface area contributed by atoms with Crippen molar-refractivity contribution in [3.8, 4) is 0 Å². The fraction of sp³-hybridized carbons (Fsp3) is 0.800. The Morgan fingerprint density at radius 2 is 1.95 bits per heavy atom. The molecular formula is C10H22N3O5PS3. The molecule has 0 rings (SSSR count). The average molecular weight is 391 g/mol. The summed E-state index contributed by atoms with van der Waals surface area (Å²) in [7, 11) is 4.06. The molecule has 0 aliphatic carbocycles. The van der Waals surface area contributed by atoms with E-state index in [9.17, 15) is 9.35 Å². The Labute approximate surface area is 145 Å². The van der Waals surface area contributed by atoms with E-state index in [4.69, 9.17) is 20.9 Å². The highest BCUT2D eigenvalue weighted by molar-refractivity contribution is 8.13. The first-order chi connectivity index (χ1) is 10.3. The Morgan fingerprint density at radius 3 is 2.36 bits per heavy atom. The van der Waals surface area contributed by atoms with Crippen LogP contribution in [-0.2, 0) is 37.2 Å². The average Bonchev–Trinajstić information content (AvgIpc) is 2.54. The number of hydrogen-bond donors (Lipinski definition) is 1. The monoisotopic (exact) mass is 391 g/mol. The summed E-state index contributed by atoms with van der Waals surface area (Å²) >= 11 is 7.35. The van der Waals surface area contributed by atoms with Gasteiger partial charge in [-0.05, 0) is 28.7 Å². The molecule has 0 heterocycles. The fourth-order valence-corrected chi connectivity index (χ4v) is 5.11. The van der Waals surface area contributed by atoms with Crippen LogP contribution in [-0.4, -0.2) is 51.9 Å². The van der Waals surface area contributed by atoms with Crippen molar-refractivity contribution in [3.05, 3.63) is 0 Å². The molecule has 0 aromatic carbocycles. The summed E-state index contributed by atoms with van der Waals surface area (Å²) in [6.45, 7) is 1.08. The SMILES string of the molecule is CCCN([S+]([O-])N(C)C(=O)O/N=C(/S)CC)P(=S)(OC)OC. The molecule has 130 valence electrons. The largest absolute Gasteiger partial charge is 0.573 e. The highest BCUT2D eigenvalue weighted by Crippen LogP contribution is 2.53. The summed E-state index contributed by atoms with van der Waals surface area (Å²) < 4.78 is 25.1. The van der Waals surface area contributed by atoms with Crippen molar-refractivity contribution in [1.82, 2.24) is 8.38 Å². The highest BCUT2D eigenvalue weighted by Gasteiger charge is 2.41. The van der Waals surface area contributed by atoms with E-state index >= 15 is 0 Å². The Kier molecular flexibility index (Phi) is 10.9. The van der Waals surface area contributed by atoms with Crippen LogP contribution in [0.15, 0.2) is 5.16 Å². The minimum atomic E-state index is -2.94. The minimum absolute atomic E-state index is 0.333. The van der Waals surface area contributed by atoms with Gasteiger partial charge in [-0.3, -0.25) is 4.84 Å². The predicted octanol–water partition coefficient (Wildman–Crippen LogP) is 2.52. The molecule has 0 spiro atoms. The van der Waals surface area contributed by atoms with Gasteiger partial charge in [0.15, 0.2) is 11.5 Å². The third kappa shape index (κ3) is 6.32. The second-order valence-electron chi connectivity index (χ2n) is 3.86. The normalized spacial score (nSPS) is 14.1. The molecule has 22 heavy (non-hydrogen) atoms. The molecule has 0 saturated carbocycles. The number of nitrogens with zero attached hydrogens (tertiary/aromatic N) is 3. The van der Waals surface area contributed by atoms with Gasteiger partial charge in [0.2, 0.25) is 0 Å². The van der Waals surface area contributed by atoms with Crippen LogP contribution < -0.4 is 0 Å². The van der Waals surface area contributed by atoms with Crippen LogP contribution in [0.5, 0.6) is 0 Å². The molecule has 1 atom stereocenters. The summed E-state index contributed by atoms with van der Waals surface area (Å²) in [4.78, 5) is 16.5. The van der Waals surface area contributed by atoms with E-state index in [2.05, 4.69) is 22.6 Å². The molecule has 0 aliphatic heterocycles. The Balaban J connectivity index is 5.10. The molecule has 0 N–H and O–H groups in total. The quantitative estimate of drug-likeness (QED) is 0.123. The topological polar surface area (TPSA) is 86.7 Å². The van der Waals surface area contributed by atoms with Gasteiger partial charge in [-0.15, -0.1) is 16.9 Å². The van der Waals surface area contributed by atoms with Gasteiger partial charge in [0.05, 0.1) is 13.6 Å². The van der Waals surface area contributed by atoms with Crippen LogP contribution in [0.1, 0.15) is 26.7 Å². The molecule has 0 saturated heterocycles. The molecule has 1 amide bonds. The zero-order valence-corrected chi connectivity index (χ0v) is 16.6. The van der Waals surface area contributed by atoms with Crippen molar-refractivity contribution in [2.75, 3.05) is 27.8 Å². The maximum absolute atomic E-state index is 12.5. The summed E-state index contributed by atoms with van der Waals surface area (Å²) in [6.07, 6.45) is 0.265. The van der Waals surface area contributed by atoms with Gasteiger partial charge in [0.1, 0.15) is 5.04 Å². The zero-order chi connectivity index (χ0) is 17.3. The van der Waals surface area contributed by atoms with Crippen LogP contribution in [0.25, 0.3) is 0 Å². The Morgan fingerprint density at radius 1 is 1.41 bits per heavy atom. The molecular weight excluding hydrogens is 369 g/mol. The van der Waals surface area contributed by atoms with Gasteiger partial charge < -0.3 is 13.6 Å². The lowest BCUT2D eigenvalue weighted by Gasteiger charge is -2.32. The van der Waals surface area contributed by atoms with E-state index in [0.717, 1.165) is 4.31 Å². The standard InChI is InChI=1S/C10H22N3O5PS3/c1-6-8-13(19(21,16-4)17-5)22(15)12(3)10(14)18-11-9(20)7-2/h6-8H2,1-5H3,(H,11,20). The summed E-state index contributed by atoms with van der Waals surface area (Å²) in [6, 6.07) is 0. The molecule has 0 fully saturated rings. The van der Waals surface area contributed by atoms with E-state index in [1.807, 2.05) is 6.92 Å². The van der Waals surface area contributed by atoms with E-state index in [1.54, 1.807) is 6.92 Å². The molecule has 12 heteroatoms. The first-order valence-corrected chi connectivity index (χ1v) is 10.5. The number of amides is 1. The van der Waals surface area contributed by atoms with E-state index in [0.29, 0.717) is 24.4 Å². The lowest BCUT2D eigenvalue weighted by Crippen LogP contribution is -2.43. The van der Waals surface area contributed by atoms with Crippen molar-refractivity contribution in [2.24, 2.45) is 5.16 Å². The van der Waals surface area contributed by atoms with Crippen LogP contribution in [0.2, 0.25) is 0 Å². The minimum Gasteiger partial charge on any atom is -0.573 e. The van der Waals surface area contributed by atoms with Crippen LogP contribution in [0.3, 0.4) is 0 Å². The van der Waals surface area contributed by atoms with Gasteiger partial charge in [0, 0.05) is 14.2 Å². The Bertz CT molecular complexity index is 432. The van der Waals surface area contributed by atoms with Gasteiger partial charge in [0.25, 0.3) is 0 Å². The van der Waals surface area contributed by atoms with Gasteiger partial charge in [-0.25, -0.2) is 4.79 Å². The first-order valence-electron chi connectivity index (χ1n) is 6.39. The van der Waals surface area contributed by atoms with Gasteiger partial charge >= 0.3 is 12.7 Å². The summed E-state index contributed by atoms with van der Waals surface area (Å²) in [5.74, 6) is 0. The predicted molar refractivity (Wildman–Crippen MR) is 94.4 cm³/mol. The molecule has 0 aliphatic rings. The van der Waals surface area contributed by atoms with Crippen molar-refractivity contribution in [3.63, 3.8) is 0 Å². The number of hydrogen-bond acceptors (Lipinski definition) is 7. The zero-order valence-electron chi connectivity index (χ0n) is 13.2. The second kappa shape index (κ2) is 10.8. The van der Waals surface area contributed by atoms with Gasteiger partial charge in [-0.1, -0.05) is 19.0 Å². The van der Waals surface area contributed by atoms with Crippen LogP contribution in [0, 0.1) is 0 Å². The van der Waals surface area contributed by atoms with E-state index < -0.39 is 24.3 Å². The first kappa shape index (κ1) is 22.1. The molecule has 0 radical (unpaired) electrons. The smallest absolute Gasteiger partial charge is 0.479 e. The van der Waals surface area contributed by atoms with E-state index in [-0.39, 0.29) is 0 Å². The van der Waals surface area contributed by atoms with Crippen molar-refractivity contribution in [1.29, 1.82) is 0 Å². The molecule has 0 aromatic rings. The summed E-state index contributed by atoms with van der Waals surface area (Å²) in [5.41, 5.74) is 0. The number of carbonyl (C=O) groups is 1. The highest BCUT2D eigenvalue weighted by atomic mass is 32.5. The lowest BCUT2D eigenvalue weighted by atomic mass is 10.5. The second-order valence-corrected chi connectivity index (χ2v) is 9.63. The third-order valence-electron chi connectivity index (χ3n) is 2.37. The lowest BCUT2D eigenvalue weighted by molar-refractivity contribution is 0.133. The number of rotatable bonds is 9. The number of carbonyl (C=O) groups excluding carboxylic acids is 1. The Hall–Kier alpha value is 0.130. The maximum atomic E-state index is 12.5. The molecule has 8 nitrogen and oxygen atoms in total. The van der Waals surface area contributed by atoms with Crippen molar-refractivity contribution in [2.45, 2.75) is 26.7 Å². The number of oxime groups is 1. The fourth-order valence-electron chi connectivity index (χ4n) is 1.15. The maximum Gasteiger partial charge on any atom is 0.479 e. The molecule has 0 bridgehead atoms. The van der Waals surface area contributed by atoms with Gasteiger partial charge in [-0.2, -0.15) is 0 Å².